The predicted octanol–water partition coefficient (Wildman–Crippen LogP) is 4.60. The van der Waals surface area contributed by atoms with E-state index in [-0.39, 0.29) is 29.0 Å². The zero-order chi connectivity index (χ0) is 32.7. The normalized spacial score (nSPS) is 13.2. The highest BCUT2D eigenvalue weighted by Gasteiger charge is 2.35. The van der Waals surface area contributed by atoms with E-state index < -0.39 is 75.5 Å². The van der Waals surface area contributed by atoms with Gasteiger partial charge in [-0.2, -0.15) is 13.2 Å². The summed E-state index contributed by atoms with van der Waals surface area (Å²) in [6, 6.07) is 0.901. The Labute approximate surface area is 238 Å². The van der Waals surface area contributed by atoms with Crippen LogP contribution in [-0.4, -0.2) is 38.5 Å². The molecule has 0 saturated heterocycles. The number of nitrogens with two attached hydrogens (primary N) is 1. The van der Waals surface area contributed by atoms with Gasteiger partial charge in [-0.15, -0.1) is 5.10 Å². The Morgan fingerprint density at radius 3 is 2.54 bits per heavy atom. The second-order valence-electron chi connectivity index (χ2n) is 8.43. The number of aromatic nitrogens is 4. The smallest absolute Gasteiger partial charge is 0.436 e. The Balaban J connectivity index is 1.85. The molecule has 0 unspecified atom stereocenters. The Kier molecular flexibility index (Phi) is 7.03. The number of carbonyl (C=O) groups excluding carboxylic acids is 2. The summed E-state index contributed by atoms with van der Waals surface area (Å²) in [7, 11) is 1.18. The van der Waals surface area contributed by atoms with E-state index in [1.54, 1.807) is 6.92 Å². The van der Waals surface area contributed by atoms with Crippen molar-refractivity contribution in [2.45, 2.75) is 25.6 Å². The van der Waals surface area contributed by atoms with E-state index in [2.05, 4.69) is 15.6 Å². The molecule has 0 aliphatic carbocycles. The first-order chi connectivity index (χ1) is 20.6. The molecule has 0 saturated carbocycles. The molecule has 15 heteroatoms. The quantitative estimate of drug-likeness (QED) is 0.286. The number of nitrogens with zero attached hydrogens (tertiary/aromatic N) is 4. The molecule has 4 aromatic rings. The number of benzene rings is 2. The molecule has 0 aliphatic heterocycles. The number of methoxy groups -OCH3 is 1. The summed E-state index contributed by atoms with van der Waals surface area (Å²) in [5.41, 5.74) is 1.35. The molecular weight excluding hydrogens is 572 g/mol. The minimum absolute atomic E-state index is 0.0322. The van der Waals surface area contributed by atoms with Gasteiger partial charge in [-0.1, -0.05) is 23.7 Å². The molecule has 2 aromatic heterocycles. The maximum Gasteiger partial charge on any atom is 0.436 e. The fraction of sp³-hybridized carbons (Fsp3) is 0.192. The maximum absolute atomic E-state index is 14.2. The molecule has 0 bridgehead atoms. The Morgan fingerprint density at radius 1 is 1.22 bits per heavy atom. The van der Waals surface area contributed by atoms with E-state index in [1.807, 2.05) is 0 Å². The molecule has 2 aromatic carbocycles. The maximum atomic E-state index is 14.2. The van der Waals surface area contributed by atoms with Crippen molar-refractivity contribution in [2.24, 2.45) is 5.73 Å². The molecule has 10 nitrogen and oxygen atoms in total. The van der Waals surface area contributed by atoms with Gasteiger partial charge in [0.1, 0.15) is 17.6 Å². The van der Waals surface area contributed by atoms with Crippen molar-refractivity contribution in [3.05, 3.63) is 87.2 Å². The summed E-state index contributed by atoms with van der Waals surface area (Å²) in [6.07, 6.45) is -3.29. The summed E-state index contributed by atoms with van der Waals surface area (Å²) in [4.78, 5) is 37.8. The van der Waals surface area contributed by atoms with Crippen LogP contribution in [0.3, 0.4) is 0 Å². The van der Waals surface area contributed by atoms with E-state index >= 15 is 0 Å². The van der Waals surface area contributed by atoms with E-state index in [4.69, 9.17) is 26.2 Å². The molecular formula is C26H21ClF4N6O4. The lowest BCUT2D eigenvalue weighted by molar-refractivity contribution is -0.141. The number of ether oxygens (including phenoxy) is 1. The number of amides is 2. The summed E-state index contributed by atoms with van der Waals surface area (Å²) < 4.78 is 86.0. The third-order valence-electron chi connectivity index (χ3n) is 5.84. The third-order valence-corrected chi connectivity index (χ3v) is 6.02. The van der Waals surface area contributed by atoms with Crippen LogP contribution in [0, 0.1) is 5.82 Å². The van der Waals surface area contributed by atoms with Crippen LogP contribution in [0.5, 0.6) is 5.75 Å². The first kappa shape index (κ1) is 25.3. The summed E-state index contributed by atoms with van der Waals surface area (Å²) in [6.45, 7) is 1.58. The number of hydrogen-bond acceptors (Lipinski definition) is 6. The average molecular weight is 596 g/mol. The van der Waals surface area contributed by atoms with Gasteiger partial charge in [-0.3, -0.25) is 19.0 Å². The van der Waals surface area contributed by atoms with Gasteiger partial charge < -0.3 is 15.8 Å². The predicted molar refractivity (Wildman–Crippen MR) is 140 cm³/mol. The number of halogens is 5. The highest BCUT2D eigenvalue weighted by Crippen LogP contribution is 2.36. The van der Waals surface area contributed by atoms with Crippen LogP contribution in [-0.2, 0) is 11.0 Å². The van der Waals surface area contributed by atoms with Crippen molar-refractivity contribution in [3.63, 3.8) is 0 Å². The fourth-order valence-corrected chi connectivity index (χ4v) is 4.05. The third kappa shape index (κ3) is 6.06. The summed E-state index contributed by atoms with van der Waals surface area (Å²) >= 11 is 6.12. The van der Waals surface area contributed by atoms with Crippen molar-refractivity contribution < 1.29 is 36.0 Å². The SMILES string of the molecule is [2H]c1c([2H])c(-n2cc(C(F)(F)F)nn2)c(-c2cc(=O)n([C@@H](CC)C(=O)Nc3ccc(C(N)=O)c(F)c3)cc2OC)c([2H])c1Cl. The zero-order valence-corrected chi connectivity index (χ0v) is 21.9. The van der Waals surface area contributed by atoms with E-state index in [0.29, 0.717) is 10.9 Å². The highest BCUT2D eigenvalue weighted by molar-refractivity contribution is 6.31. The van der Waals surface area contributed by atoms with Gasteiger partial charge in [0.25, 0.3) is 11.5 Å². The number of carbonyl (C=O) groups is 2. The highest BCUT2D eigenvalue weighted by atomic mass is 35.5. The minimum atomic E-state index is -4.90. The van der Waals surface area contributed by atoms with Crippen LogP contribution in [0.2, 0.25) is 5.02 Å². The lowest BCUT2D eigenvalue weighted by Gasteiger charge is -2.21. The van der Waals surface area contributed by atoms with E-state index in [9.17, 15) is 31.9 Å². The van der Waals surface area contributed by atoms with E-state index in [0.717, 1.165) is 29.0 Å². The Hall–Kier alpha value is -4.72. The average Bonchev–Trinajstić information content (AvgIpc) is 3.45. The number of anilines is 1. The lowest BCUT2D eigenvalue weighted by atomic mass is 10.0. The van der Waals surface area contributed by atoms with Crippen molar-refractivity contribution in [2.75, 3.05) is 12.4 Å². The second-order valence-corrected chi connectivity index (χ2v) is 8.81. The van der Waals surface area contributed by atoms with E-state index in [1.165, 1.54) is 13.2 Å². The number of alkyl halides is 3. The van der Waals surface area contributed by atoms with Gasteiger partial charge in [-0.05, 0) is 42.7 Å². The van der Waals surface area contributed by atoms with Crippen LogP contribution < -0.4 is 21.3 Å². The zero-order valence-electron chi connectivity index (χ0n) is 24.1. The minimum Gasteiger partial charge on any atom is -0.495 e. The van der Waals surface area contributed by atoms with Crippen molar-refractivity contribution in [1.82, 2.24) is 19.6 Å². The first-order valence-corrected chi connectivity index (χ1v) is 12.0. The standard InChI is InChI=1S/C26H21ClF4N6O4/c1-3-19(25(40)33-14-5-6-15(24(32)39)18(28)9-14)36-11-21(41-2)17(10-23(36)38)16-8-13(27)4-7-20(16)37-12-22(34-35-37)26(29,30)31/h4-12,19H,3H2,1-2H3,(H2,32,39)(H,33,40)/t19-/m0/s1/i4D,7D,8D. The van der Waals surface area contributed by atoms with Crippen LogP contribution in [0.25, 0.3) is 16.8 Å². The number of primary amides is 1. The molecule has 2 heterocycles. The first-order valence-electron chi connectivity index (χ1n) is 13.1. The Bertz CT molecular complexity index is 1860. The Morgan fingerprint density at radius 2 is 1.95 bits per heavy atom. The number of hydrogen-bond donors (Lipinski definition) is 2. The van der Waals surface area contributed by atoms with Crippen LogP contribution in [0.1, 0.15) is 39.6 Å². The largest absolute Gasteiger partial charge is 0.495 e. The topological polar surface area (TPSA) is 134 Å². The van der Waals surface area contributed by atoms with Crippen LogP contribution >= 0.6 is 11.6 Å². The van der Waals surface area contributed by atoms with Gasteiger partial charge in [0.15, 0.2) is 5.69 Å². The monoisotopic (exact) mass is 595 g/mol. The van der Waals surface area contributed by atoms with Crippen molar-refractivity contribution in [1.29, 1.82) is 0 Å². The lowest BCUT2D eigenvalue weighted by Crippen LogP contribution is -2.32. The van der Waals surface area contributed by atoms with Gasteiger partial charge in [-0.25, -0.2) is 9.07 Å². The molecule has 0 radical (unpaired) electrons. The molecule has 214 valence electrons. The molecule has 1 atom stereocenters. The molecule has 0 spiro atoms. The number of rotatable bonds is 8. The molecule has 4 rings (SSSR count). The van der Waals surface area contributed by atoms with Gasteiger partial charge >= 0.3 is 6.18 Å². The molecule has 3 N–H and O–H groups in total. The van der Waals surface area contributed by atoms with Gasteiger partial charge in [0.05, 0.1) is 34.9 Å². The van der Waals surface area contributed by atoms with Crippen molar-refractivity contribution in [3.8, 4) is 22.6 Å². The fourth-order valence-electron chi connectivity index (χ4n) is 3.90. The molecule has 2 amide bonds. The summed E-state index contributed by atoms with van der Waals surface area (Å²) in [5.74, 6) is -2.90. The molecule has 0 fully saturated rings. The van der Waals surface area contributed by atoms with Crippen LogP contribution in [0.4, 0.5) is 23.2 Å². The molecule has 0 aliphatic rings. The second kappa shape index (κ2) is 11.4. The van der Waals surface area contributed by atoms with Crippen molar-refractivity contribution >= 4 is 29.1 Å². The molecule has 41 heavy (non-hydrogen) atoms. The number of pyridine rings is 1. The number of nitrogens with one attached hydrogen (secondary N) is 1. The van der Waals surface area contributed by atoms with Gasteiger partial charge in [0.2, 0.25) is 5.91 Å². The summed E-state index contributed by atoms with van der Waals surface area (Å²) in [5, 5.41) is 8.40. The van der Waals surface area contributed by atoms with Gasteiger partial charge in [0, 0.05) is 27.9 Å². The van der Waals surface area contributed by atoms with Crippen LogP contribution in [0.15, 0.2) is 59.6 Å².